The number of halogens is 4. The molecular weight excluding hydrogens is 913 g/mol. The first-order valence-electron chi connectivity index (χ1n) is 22.8. The van der Waals surface area contributed by atoms with E-state index in [1.807, 2.05) is 0 Å². The molecule has 69 heavy (non-hydrogen) atoms. The molecular formula is C49H48F4N4O12. The minimum Gasteiger partial charge on any atom is -0.420 e. The summed E-state index contributed by atoms with van der Waals surface area (Å²) < 4.78 is 80.9. The Morgan fingerprint density at radius 2 is 0.971 bits per heavy atom. The number of unbranched alkanes of at least 4 members (excludes halogenated alkanes) is 4. The van der Waals surface area contributed by atoms with E-state index in [1.54, 1.807) is 13.8 Å². The molecule has 2 amide bonds. The molecule has 0 N–H and O–H groups in total. The van der Waals surface area contributed by atoms with Crippen LogP contribution < -0.4 is 20.3 Å². The normalized spacial score (nSPS) is 19.2. The molecule has 4 aliphatic rings. The molecule has 2 fully saturated rings. The van der Waals surface area contributed by atoms with Crippen molar-refractivity contribution in [1.29, 1.82) is 0 Å². The maximum atomic E-state index is 14.3. The van der Waals surface area contributed by atoms with Crippen molar-refractivity contribution in [2.75, 3.05) is 13.2 Å². The van der Waals surface area contributed by atoms with E-state index in [2.05, 4.69) is 0 Å². The molecule has 364 valence electrons. The molecule has 4 aromatic rings. The average Bonchev–Trinajstić information content (AvgIpc) is 3.87. The number of benzene rings is 2. The Labute approximate surface area is 391 Å². The molecule has 4 atom stereocenters. The van der Waals surface area contributed by atoms with Crippen molar-refractivity contribution < 1.29 is 65.3 Å². The Morgan fingerprint density at radius 1 is 0.580 bits per heavy atom. The molecule has 0 spiro atoms. The standard InChI is InChI=1S/C49H48F4N4O12/c1-26-24-66-38-22-54-20-32(36(58)16-12-28-10-14-30(50)18-34(28)52)44(62)46(42(54)48(64)56(26)38)68-40(60)8-6-4-3-5-7-9-41(61)69-47-43-49(65)57-27(2)25-67-39(57)23-55(43)21-33(45(47)63)37(59)17-13-29-11-15-31(51)19-35(29)53/h10-11,14-15,18-21,26-27,38-39H,3-9,12-13,16-17,22-25H2,1-2H3/t26-,27-,38+,39+/m0/s1. The molecule has 20 heteroatoms. The lowest BCUT2D eigenvalue weighted by Crippen LogP contribution is -2.49. The number of rotatable bonds is 18. The van der Waals surface area contributed by atoms with E-state index in [1.165, 1.54) is 43.5 Å². The van der Waals surface area contributed by atoms with Gasteiger partial charge in [0.1, 0.15) is 23.3 Å². The van der Waals surface area contributed by atoms with Crippen LogP contribution in [-0.2, 0) is 45.0 Å². The van der Waals surface area contributed by atoms with Crippen LogP contribution in [0.1, 0.15) is 124 Å². The second-order valence-corrected chi connectivity index (χ2v) is 17.6. The molecule has 16 nitrogen and oxygen atoms in total. The minimum absolute atomic E-state index is 0.0388. The highest BCUT2D eigenvalue weighted by atomic mass is 19.1. The van der Waals surface area contributed by atoms with Gasteiger partial charge in [-0.2, -0.15) is 0 Å². The molecule has 2 aromatic carbocycles. The molecule has 8 rings (SSSR count). The third-order valence-corrected chi connectivity index (χ3v) is 12.8. The summed E-state index contributed by atoms with van der Waals surface area (Å²) in [6.07, 6.45) is 1.70. The second-order valence-electron chi connectivity index (χ2n) is 17.6. The van der Waals surface area contributed by atoms with Gasteiger partial charge in [0.05, 0.1) is 49.5 Å². The summed E-state index contributed by atoms with van der Waals surface area (Å²) >= 11 is 0. The first-order chi connectivity index (χ1) is 33.0. The molecule has 0 radical (unpaired) electrons. The van der Waals surface area contributed by atoms with Gasteiger partial charge in [-0.25, -0.2) is 17.6 Å². The number of fused-ring (bicyclic) bond motifs is 4. The number of nitrogens with zero attached hydrogens (tertiary/aromatic N) is 4. The molecule has 2 aromatic heterocycles. The van der Waals surface area contributed by atoms with Crippen LogP contribution >= 0.6 is 0 Å². The van der Waals surface area contributed by atoms with Crippen LogP contribution in [0.3, 0.4) is 0 Å². The van der Waals surface area contributed by atoms with Crippen molar-refractivity contribution in [2.24, 2.45) is 0 Å². The van der Waals surface area contributed by atoms with Gasteiger partial charge in [-0.3, -0.25) is 38.4 Å². The van der Waals surface area contributed by atoms with Crippen LogP contribution in [0.15, 0.2) is 58.4 Å². The summed E-state index contributed by atoms with van der Waals surface area (Å²) in [5.74, 6) is -8.86. The van der Waals surface area contributed by atoms with Gasteiger partial charge in [-0.05, 0) is 62.8 Å². The fourth-order valence-electron chi connectivity index (χ4n) is 9.12. The number of ketones is 2. The number of carbonyl (C=O) groups excluding carboxylic acids is 6. The van der Waals surface area contributed by atoms with Crippen molar-refractivity contribution >= 4 is 35.3 Å². The number of esters is 2. The van der Waals surface area contributed by atoms with Gasteiger partial charge in [0.2, 0.25) is 22.4 Å². The monoisotopic (exact) mass is 960 g/mol. The molecule has 2 saturated heterocycles. The van der Waals surface area contributed by atoms with Gasteiger partial charge in [0.25, 0.3) is 11.8 Å². The van der Waals surface area contributed by atoms with Crippen molar-refractivity contribution in [3.63, 3.8) is 0 Å². The van der Waals surface area contributed by atoms with E-state index < -0.39 is 93.4 Å². The van der Waals surface area contributed by atoms with Crippen LogP contribution in [-0.4, -0.2) is 92.0 Å². The second kappa shape index (κ2) is 20.4. The van der Waals surface area contributed by atoms with Crippen molar-refractivity contribution in [3.8, 4) is 11.5 Å². The maximum absolute atomic E-state index is 14.3. The van der Waals surface area contributed by atoms with E-state index in [0.717, 1.165) is 12.1 Å². The zero-order valence-electron chi connectivity index (χ0n) is 37.7. The number of aryl methyl sites for hydroxylation is 2. The van der Waals surface area contributed by atoms with Crippen LogP contribution in [0.2, 0.25) is 0 Å². The van der Waals surface area contributed by atoms with Crippen LogP contribution in [0.5, 0.6) is 11.5 Å². The molecule has 0 bridgehead atoms. The molecule has 0 saturated carbocycles. The Balaban J connectivity index is 0.876. The van der Waals surface area contributed by atoms with E-state index in [4.69, 9.17) is 18.9 Å². The predicted molar refractivity (Wildman–Crippen MR) is 234 cm³/mol. The summed E-state index contributed by atoms with van der Waals surface area (Å²) in [4.78, 5) is 111. The first kappa shape index (κ1) is 48.6. The van der Waals surface area contributed by atoms with Crippen LogP contribution in [0.4, 0.5) is 17.6 Å². The Hall–Kier alpha value is -6.80. The van der Waals surface area contributed by atoms with Crippen molar-refractivity contribution in [1.82, 2.24) is 18.9 Å². The minimum atomic E-state index is -0.987. The van der Waals surface area contributed by atoms with Crippen molar-refractivity contribution in [2.45, 2.75) is 122 Å². The lowest BCUT2D eigenvalue weighted by Gasteiger charge is -2.34. The van der Waals surface area contributed by atoms with Gasteiger partial charge >= 0.3 is 11.9 Å². The van der Waals surface area contributed by atoms with Crippen molar-refractivity contribution in [3.05, 3.63) is 126 Å². The average molecular weight is 961 g/mol. The van der Waals surface area contributed by atoms with Gasteiger partial charge in [-0.1, -0.05) is 31.4 Å². The molecule has 0 unspecified atom stereocenters. The third-order valence-electron chi connectivity index (χ3n) is 12.8. The Morgan fingerprint density at radius 3 is 1.36 bits per heavy atom. The highest BCUT2D eigenvalue weighted by Gasteiger charge is 2.45. The Bertz CT molecular complexity index is 2690. The van der Waals surface area contributed by atoms with E-state index in [-0.39, 0.29) is 123 Å². The zero-order chi connectivity index (χ0) is 49.3. The lowest BCUT2D eigenvalue weighted by atomic mass is 10.0. The number of amides is 2. The highest BCUT2D eigenvalue weighted by molar-refractivity contribution is 6.02. The number of ether oxygens (including phenoxy) is 4. The fourth-order valence-corrected chi connectivity index (χ4v) is 9.12. The molecule has 6 heterocycles. The number of hydrogen-bond donors (Lipinski definition) is 0. The predicted octanol–water partition coefficient (Wildman–Crippen LogP) is 5.84. The lowest BCUT2D eigenvalue weighted by molar-refractivity contribution is -0.135. The summed E-state index contributed by atoms with van der Waals surface area (Å²) in [5, 5.41) is 0. The van der Waals surface area contributed by atoms with E-state index >= 15 is 0 Å². The van der Waals surface area contributed by atoms with Gasteiger partial charge in [0.15, 0.2) is 35.4 Å². The number of pyridine rings is 2. The number of aromatic nitrogens is 2. The van der Waals surface area contributed by atoms with E-state index in [9.17, 15) is 55.9 Å². The molecule has 0 aliphatic carbocycles. The number of Topliss-reactive ketones (excluding diaryl/α,β-unsaturated/α-hetero) is 2. The number of carbonyl (C=O) groups is 6. The molecule has 4 aliphatic heterocycles. The van der Waals surface area contributed by atoms with Gasteiger partial charge in [-0.15, -0.1) is 0 Å². The topological polar surface area (TPSA) is 190 Å². The summed E-state index contributed by atoms with van der Waals surface area (Å²) in [7, 11) is 0. The van der Waals surface area contributed by atoms with Crippen LogP contribution in [0, 0.1) is 23.3 Å². The number of hydrogen-bond acceptors (Lipinski definition) is 12. The smallest absolute Gasteiger partial charge is 0.311 e. The highest BCUT2D eigenvalue weighted by Crippen LogP contribution is 2.33. The quantitative estimate of drug-likeness (QED) is 0.0502. The Kier molecular flexibility index (Phi) is 14.4. The SMILES string of the molecule is C[C@H]1CO[C@@H]2Cn3cc(C(=O)CCc4ccc(F)cc4F)c(=O)c(OC(=O)CCCCCCCC(=O)Oc4c5n(cc(C(=O)CCc6ccc(F)cc6F)c4=O)C[C@H]4OC[C@H](C)N4C5=O)c3C(=O)N12. The maximum Gasteiger partial charge on any atom is 0.311 e. The summed E-state index contributed by atoms with van der Waals surface area (Å²) in [6, 6.07) is 5.17. The summed E-state index contributed by atoms with van der Waals surface area (Å²) in [6.45, 7) is 4.05. The summed E-state index contributed by atoms with van der Waals surface area (Å²) in [5.41, 5.74) is -3.06. The third kappa shape index (κ3) is 10.2. The van der Waals surface area contributed by atoms with Crippen LogP contribution in [0.25, 0.3) is 0 Å². The first-order valence-corrected chi connectivity index (χ1v) is 22.8. The largest absolute Gasteiger partial charge is 0.420 e. The van der Waals surface area contributed by atoms with E-state index in [0.29, 0.717) is 31.4 Å². The van der Waals surface area contributed by atoms with Gasteiger partial charge in [0, 0.05) is 50.2 Å². The zero-order valence-corrected chi connectivity index (χ0v) is 37.7. The van der Waals surface area contributed by atoms with Gasteiger partial charge < -0.3 is 37.9 Å². The fraction of sp³-hybridized carbons (Fsp3) is 0.429.